The van der Waals surface area contributed by atoms with Gasteiger partial charge in [0.05, 0.1) is 11.3 Å². The van der Waals surface area contributed by atoms with Gasteiger partial charge in [-0.1, -0.05) is 6.07 Å². The van der Waals surface area contributed by atoms with Crippen LogP contribution in [0.3, 0.4) is 0 Å². The van der Waals surface area contributed by atoms with E-state index in [-0.39, 0.29) is 17.7 Å². The summed E-state index contributed by atoms with van der Waals surface area (Å²) in [5.74, 6) is -2.42. The van der Waals surface area contributed by atoms with Gasteiger partial charge in [0.1, 0.15) is 5.54 Å². The summed E-state index contributed by atoms with van der Waals surface area (Å²) in [7, 11) is 0. The lowest BCUT2D eigenvalue weighted by atomic mass is 9.92. The molecule has 0 heterocycles. The van der Waals surface area contributed by atoms with E-state index in [0.29, 0.717) is 5.56 Å². The second-order valence-corrected chi connectivity index (χ2v) is 4.69. The van der Waals surface area contributed by atoms with E-state index in [1.807, 2.05) is 0 Å². The van der Waals surface area contributed by atoms with Crippen molar-refractivity contribution in [2.75, 3.05) is 0 Å². The third-order valence-electron chi connectivity index (χ3n) is 2.74. The zero-order valence-electron chi connectivity index (χ0n) is 10.7. The van der Waals surface area contributed by atoms with Gasteiger partial charge in [0.25, 0.3) is 5.69 Å². The molecule has 0 unspecified atom stereocenters. The average molecular weight is 282 g/mol. The molecule has 0 aliphatic rings. The van der Waals surface area contributed by atoms with E-state index in [0.717, 1.165) is 6.07 Å². The number of carboxylic acid groups (broad SMARTS) is 2. The summed E-state index contributed by atoms with van der Waals surface area (Å²) in [5.41, 5.74) is 4.19. The maximum atomic E-state index is 10.9. The highest BCUT2D eigenvalue weighted by molar-refractivity contribution is 5.78. The van der Waals surface area contributed by atoms with Crippen molar-refractivity contribution < 1.29 is 24.7 Å². The van der Waals surface area contributed by atoms with Crippen molar-refractivity contribution in [3.8, 4) is 0 Å². The number of nitro benzene ring substituents is 1. The Balaban J connectivity index is 3.15. The average Bonchev–Trinajstić information content (AvgIpc) is 2.26. The molecule has 20 heavy (non-hydrogen) atoms. The van der Waals surface area contributed by atoms with E-state index in [1.165, 1.54) is 19.1 Å². The van der Waals surface area contributed by atoms with Crippen LogP contribution in [-0.4, -0.2) is 32.6 Å². The lowest BCUT2D eigenvalue weighted by Gasteiger charge is -2.19. The summed E-state index contributed by atoms with van der Waals surface area (Å²) in [6.07, 6.45) is -0.578. The lowest BCUT2D eigenvalue weighted by molar-refractivity contribution is -0.385. The lowest BCUT2D eigenvalue weighted by Crippen LogP contribution is -2.46. The van der Waals surface area contributed by atoms with Gasteiger partial charge in [-0.15, -0.1) is 0 Å². The summed E-state index contributed by atoms with van der Waals surface area (Å²) >= 11 is 0. The molecule has 1 atom stereocenters. The number of carbonyl (C=O) groups is 2. The fourth-order valence-electron chi connectivity index (χ4n) is 1.73. The van der Waals surface area contributed by atoms with E-state index >= 15 is 0 Å². The van der Waals surface area contributed by atoms with Gasteiger partial charge in [0.2, 0.25) is 0 Å². The highest BCUT2D eigenvalue weighted by Crippen LogP contribution is 2.22. The Kier molecular flexibility index (Phi) is 4.41. The highest BCUT2D eigenvalue weighted by atomic mass is 16.6. The predicted molar refractivity (Wildman–Crippen MR) is 68.4 cm³/mol. The first-order valence-corrected chi connectivity index (χ1v) is 5.64. The first-order valence-electron chi connectivity index (χ1n) is 5.64. The Bertz CT molecular complexity index is 567. The van der Waals surface area contributed by atoms with Crippen molar-refractivity contribution in [3.05, 3.63) is 39.4 Å². The number of nitro groups is 1. The van der Waals surface area contributed by atoms with Crippen molar-refractivity contribution in [2.45, 2.75) is 25.3 Å². The third kappa shape index (κ3) is 3.75. The van der Waals surface area contributed by atoms with Crippen molar-refractivity contribution in [3.63, 3.8) is 0 Å². The van der Waals surface area contributed by atoms with Crippen LogP contribution in [0.2, 0.25) is 0 Å². The molecule has 8 nitrogen and oxygen atoms in total. The van der Waals surface area contributed by atoms with Crippen LogP contribution in [0.4, 0.5) is 5.69 Å². The molecule has 0 aliphatic heterocycles. The molecule has 8 heteroatoms. The molecule has 0 spiro atoms. The van der Waals surface area contributed by atoms with E-state index < -0.39 is 28.8 Å². The summed E-state index contributed by atoms with van der Waals surface area (Å²) in [6.45, 7) is 1.31. The van der Waals surface area contributed by atoms with E-state index in [1.54, 1.807) is 0 Å². The van der Waals surface area contributed by atoms with Crippen LogP contribution in [0.25, 0.3) is 0 Å². The van der Waals surface area contributed by atoms with Gasteiger partial charge in [-0.05, 0) is 18.6 Å². The van der Waals surface area contributed by atoms with Crippen LogP contribution in [0, 0.1) is 10.1 Å². The van der Waals surface area contributed by atoms with Gasteiger partial charge in [0, 0.05) is 18.1 Å². The van der Waals surface area contributed by atoms with Crippen molar-refractivity contribution in [2.24, 2.45) is 5.73 Å². The predicted octanol–water partition coefficient (Wildman–Crippen LogP) is 0.566. The summed E-state index contributed by atoms with van der Waals surface area (Å²) in [4.78, 5) is 31.8. The molecule has 1 aromatic carbocycles. The quantitative estimate of drug-likeness (QED) is 0.510. The van der Waals surface area contributed by atoms with Crippen LogP contribution in [0.1, 0.15) is 18.1 Å². The number of rotatable bonds is 6. The number of aliphatic carboxylic acids is 2. The first-order chi connectivity index (χ1) is 9.13. The number of benzene rings is 1. The molecular weight excluding hydrogens is 268 g/mol. The monoisotopic (exact) mass is 282 g/mol. The minimum Gasteiger partial charge on any atom is -0.481 e. The molecule has 1 aromatic rings. The van der Waals surface area contributed by atoms with Crippen LogP contribution in [0.5, 0.6) is 0 Å². The highest BCUT2D eigenvalue weighted by Gasteiger charge is 2.29. The number of carboxylic acids is 2. The molecule has 0 amide bonds. The minimum absolute atomic E-state index is 0.0150. The maximum absolute atomic E-state index is 10.9. The van der Waals surface area contributed by atoms with E-state index in [2.05, 4.69) is 0 Å². The molecule has 0 aliphatic carbocycles. The molecule has 108 valence electrons. The SMILES string of the molecule is C[C@](N)(Cc1ccc([N+](=O)[O-])c(CC(=O)O)c1)C(=O)O. The van der Waals surface area contributed by atoms with Gasteiger partial charge >= 0.3 is 11.9 Å². The van der Waals surface area contributed by atoms with Gasteiger partial charge in [-0.3, -0.25) is 19.7 Å². The standard InChI is InChI=1S/C12H14N2O6/c1-12(13,11(17)18)6-7-2-3-9(14(19)20)8(4-7)5-10(15)16/h2-4H,5-6,13H2,1H3,(H,15,16)(H,17,18)/t12-/m0/s1. The van der Waals surface area contributed by atoms with Gasteiger partial charge < -0.3 is 15.9 Å². The van der Waals surface area contributed by atoms with E-state index in [4.69, 9.17) is 15.9 Å². The maximum Gasteiger partial charge on any atom is 0.323 e. The molecule has 1 rings (SSSR count). The molecule has 0 aromatic heterocycles. The van der Waals surface area contributed by atoms with Crippen LogP contribution in [0.15, 0.2) is 18.2 Å². The Morgan fingerprint density at radius 2 is 2.00 bits per heavy atom. The molecule has 0 saturated carbocycles. The fraction of sp³-hybridized carbons (Fsp3) is 0.333. The number of nitrogens with zero attached hydrogens (tertiary/aromatic N) is 1. The molecule has 0 radical (unpaired) electrons. The number of hydrogen-bond acceptors (Lipinski definition) is 5. The zero-order valence-corrected chi connectivity index (χ0v) is 10.7. The number of hydrogen-bond donors (Lipinski definition) is 3. The van der Waals surface area contributed by atoms with Crippen LogP contribution in [-0.2, 0) is 22.4 Å². The molecule has 4 N–H and O–H groups in total. The topological polar surface area (TPSA) is 144 Å². The Morgan fingerprint density at radius 3 is 2.45 bits per heavy atom. The first kappa shape index (κ1) is 15.6. The normalized spacial score (nSPS) is 13.5. The van der Waals surface area contributed by atoms with Crippen molar-refractivity contribution in [1.82, 2.24) is 0 Å². The third-order valence-corrected chi connectivity index (χ3v) is 2.74. The van der Waals surface area contributed by atoms with Gasteiger partial charge in [-0.25, -0.2) is 0 Å². The second-order valence-electron chi connectivity index (χ2n) is 4.69. The smallest absolute Gasteiger partial charge is 0.323 e. The van der Waals surface area contributed by atoms with Crippen LogP contribution >= 0.6 is 0 Å². The number of nitrogens with two attached hydrogens (primary N) is 1. The van der Waals surface area contributed by atoms with Crippen LogP contribution < -0.4 is 5.73 Å². The second kappa shape index (κ2) is 5.66. The summed E-state index contributed by atoms with van der Waals surface area (Å²) in [6, 6.07) is 3.84. The van der Waals surface area contributed by atoms with E-state index in [9.17, 15) is 19.7 Å². The van der Waals surface area contributed by atoms with Gasteiger partial charge in [-0.2, -0.15) is 0 Å². The Morgan fingerprint density at radius 1 is 1.40 bits per heavy atom. The zero-order chi connectivity index (χ0) is 15.5. The molecule has 0 fully saturated rings. The summed E-state index contributed by atoms with van der Waals surface area (Å²) in [5, 5.41) is 28.5. The van der Waals surface area contributed by atoms with Crippen molar-refractivity contribution >= 4 is 17.6 Å². The Hall–Kier alpha value is -2.48. The Labute approximate surface area is 114 Å². The molecular formula is C12H14N2O6. The fourth-order valence-corrected chi connectivity index (χ4v) is 1.73. The molecule has 0 bridgehead atoms. The summed E-state index contributed by atoms with van der Waals surface area (Å²) < 4.78 is 0. The van der Waals surface area contributed by atoms with Gasteiger partial charge in [0.15, 0.2) is 0 Å². The molecule has 0 saturated heterocycles. The van der Waals surface area contributed by atoms with Crippen molar-refractivity contribution in [1.29, 1.82) is 0 Å². The minimum atomic E-state index is -1.53. The largest absolute Gasteiger partial charge is 0.481 e.